The zero-order valence-electron chi connectivity index (χ0n) is 13.0. The van der Waals surface area contributed by atoms with Gasteiger partial charge in [-0.25, -0.2) is 5.43 Å². The third kappa shape index (κ3) is 4.39. The minimum Gasteiger partial charge on any atom is -0.376 e. The molecule has 0 fully saturated rings. The van der Waals surface area contributed by atoms with Crippen molar-refractivity contribution >= 4 is 44.9 Å². The van der Waals surface area contributed by atoms with Crippen LogP contribution in [0.25, 0.3) is 10.8 Å². The van der Waals surface area contributed by atoms with E-state index in [0.717, 1.165) is 27.8 Å². The molecule has 2 aromatic carbocycles. The van der Waals surface area contributed by atoms with Gasteiger partial charge >= 0.3 is 5.00 Å². The normalized spacial score (nSPS) is 10.9. The Labute approximate surface area is 147 Å². The molecular weight excluding hydrogens is 340 g/mol. The molecule has 0 bridgehead atoms. The van der Waals surface area contributed by atoms with Crippen LogP contribution >= 0.6 is 11.3 Å². The molecule has 0 unspecified atom stereocenters. The van der Waals surface area contributed by atoms with Gasteiger partial charge in [-0.2, -0.15) is 5.10 Å². The molecule has 0 saturated heterocycles. The number of benzene rings is 2. The number of nitro groups is 1. The molecule has 0 aliphatic heterocycles. The zero-order chi connectivity index (χ0) is 17.6. The Hall–Kier alpha value is -3.26. The Balaban J connectivity index is 1.51. The quantitative estimate of drug-likeness (QED) is 0.403. The maximum absolute atomic E-state index is 11.8. The maximum atomic E-state index is 11.8. The van der Waals surface area contributed by atoms with E-state index in [1.54, 1.807) is 6.07 Å². The number of nitrogens with zero attached hydrogens (tertiary/aromatic N) is 2. The van der Waals surface area contributed by atoms with Gasteiger partial charge in [0, 0.05) is 11.8 Å². The third-order valence-corrected chi connectivity index (χ3v) is 4.35. The van der Waals surface area contributed by atoms with E-state index in [-0.39, 0.29) is 17.5 Å². The standard InChI is InChI=1S/C17H14N4O3S/c22-16(20-19-10-15-7-8-17(25-15)21(23)24)11-18-14-6-5-12-3-1-2-4-13(12)9-14/h1-10,18H,11H2,(H,20,22)/b19-10+. The average Bonchev–Trinajstić information content (AvgIpc) is 3.09. The first kappa shape index (κ1) is 16.6. The highest BCUT2D eigenvalue weighted by Gasteiger charge is 2.08. The van der Waals surface area contributed by atoms with E-state index in [4.69, 9.17) is 0 Å². The molecule has 0 aliphatic rings. The third-order valence-electron chi connectivity index (χ3n) is 3.38. The summed E-state index contributed by atoms with van der Waals surface area (Å²) in [6, 6.07) is 16.8. The van der Waals surface area contributed by atoms with E-state index in [2.05, 4.69) is 15.8 Å². The minimum atomic E-state index is -0.464. The summed E-state index contributed by atoms with van der Waals surface area (Å²) in [7, 11) is 0. The number of hydrazone groups is 1. The lowest BCUT2D eigenvalue weighted by Gasteiger charge is -2.06. The predicted molar refractivity (Wildman–Crippen MR) is 99.1 cm³/mol. The van der Waals surface area contributed by atoms with Crippen LogP contribution in [0.2, 0.25) is 0 Å². The smallest absolute Gasteiger partial charge is 0.324 e. The number of hydrogen-bond acceptors (Lipinski definition) is 6. The lowest BCUT2D eigenvalue weighted by atomic mass is 10.1. The van der Waals surface area contributed by atoms with Crippen LogP contribution in [0.3, 0.4) is 0 Å². The summed E-state index contributed by atoms with van der Waals surface area (Å²) in [5, 5.41) is 19.7. The molecule has 126 valence electrons. The number of anilines is 1. The summed E-state index contributed by atoms with van der Waals surface area (Å²) < 4.78 is 0. The van der Waals surface area contributed by atoms with Crippen molar-refractivity contribution in [3.05, 3.63) is 69.6 Å². The van der Waals surface area contributed by atoms with E-state index in [1.807, 2.05) is 42.5 Å². The molecule has 7 nitrogen and oxygen atoms in total. The summed E-state index contributed by atoms with van der Waals surface area (Å²) in [4.78, 5) is 22.5. The van der Waals surface area contributed by atoms with Crippen molar-refractivity contribution in [2.45, 2.75) is 0 Å². The van der Waals surface area contributed by atoms with Crippen LogP contribution in [0.15, 0.2) is 59.7 Å². The van der Waals surface area contributed by atoms with Crippen LogP contribution < -0.4 is 10.7 Å². The fourth-order valence-electron chi connectivity index (χ4n) is 2.20. The Bertz CT molecular complexity index is 952. The molecule has 2 N–H and O–H groups in total. The lowest BCUT2D eigenvalue weighted by Crippen LogP contribution is -2.25. The van der Waals surface area contributed by atoms with Gasteiger partial charge in [-0.1, -0.05) is 41.7 Å². The van der Waals surface area contributed by atoms with Crippen LogP contribution in [0.4, 0.5) is 10.7 Å². The van der Waals surface area contributed by atoms with Crippen molar-refractivity contribution in [3.8, 4) is 0 Å². The summed E-state index contributed by atoms with van der Waals surface area (Å²) in [6.45, 7) is 0.0697. The van der Waals surface area contributed by atoms with Crippen molar-refractivity contribution in [2.75, 3.05) is 11.9 Å². The van der Waals surface area contributed by atoms with Gasteiger partial charge < -0.3 is 5.32 Å². The lowest BCUT2D eigenvalue weighted by molar-refractivity contribution is -0.380. The highest BCUT2D eigenvalue weighted by Crippen LogP contribution is 2.22. The van der Waals surface area contributed by atoms with Gasteiger partial charge in [-0.05, 0) is 29.0 Å². The van der Waals surface area contributed by atoms with E-state index < -0.39 is 4.92 Å². The average molecular weight is 354 g/mol. The molecule has 0 spiro atoms. The first-order chi connectivity index (χ1) is 12.1. The fourth-order valence-corrected chi connectivity index (χ4v) is 2.89. The molecule has 3 aromatic rings. The molecule has 0 atom stereocenters. The van der Waals surface area contributed by atoms with E-state index >= 15 is 0 Å². The molecule has 0 radical (unpaired) electrons. The molecule has 0 saturated carbocycles. The Morgan fingerprint density at radius 2 is 1.96 bits per heavy atom. The van der Waals surface area contributed by atoms with Gasteiger partial charge in [0.1, 0.15) is 0 Å². The van der Waals surface area contributed by atoms with Gasteiger partial charge in [-0.3, -0.25) is 14.9 Å². The highest BCUT2D eigenvalue weighted by atomic mass is 32.1. The molecule has 0 aliphatic carbocycles. The molecular formula is C17H14N4O3S. The summed E-state index contributed by atoms with van der Waals surface area (Å²) in [5.41, 5.74) is 3.22. The minimum absolute atomic E-state index is 0.0331. The van der Waals surface area contributed by atoms with Gasteiger partial charge in [0.2, 0.25) is 0 Å². The number of amides is 1. The summed E-state index contributed by atoms with van der Waals surface area (Å²) in [6.07, 6.45) is 1.38. The SMILES string of the molecule is O=C(CNc1ccc2ccccc2c1)N/N=C/c1ccc([N+](=O)[O-])s1. The fraction of sp³-hybridized carbons (Fsp3) is 0.0588. The molecule has 3 rings (SSSR count). The van der Waals surface area contributed by atoms with Gasteiger partial charge in [-0.15, -0.1) is 0 Å². The second-order valence-corrected chi connectivity index (χ2v) is 6.24. The predicted octanol–water partition coefficient (Wildman–Crippen LogP) is 3.37. The number of rotatable bonds is 6. The van der Waals surface area contributed by atoms with E-state index in [9.17, 15) is 14.9 Å². The van der Waals surface area contributed by atoms with Crippen LogP contribution in [-0.2, 0) is 4.79 Å². The molecule has 1 heterocycles. The zero-order valence-corrected chi connectivity index (χ0v) is 13.8. The van der Waals surface area contributed by atoms with Gasteiger partial charge in [0.25, 0.3) is 5.91 Å². The molecule has 1 amide bonds. The van der Waals surface area contributed by atoms with E-state index in [1.165, 1.54) is 12.3 Å². The number of nitrogens with one attached hydrogen (secondary N) is 2. The number of hydrogen-bond donors (Lipinski definition) is 2. The van der Waals surface area contributed by atoms with Crippen molar-refractivity contribution in [1.82, 2.24) is 5.43 Å². The largest absolute Gasteiger partial charge is 0.376 e. The number of carbonyl (C=O) groups excluding carboxylic acids is 1. The van der Waals surface area contributed by atoms with Crippen molar-refractivity contribution in [2.24, 2.45) is 5.10 Å². The second-order valence-electron chi connectivity index (χ2n) is 5.14. The van der Waals surface area contributed by atoms with Crippen molar-refractivity contribution in [3.63, 3.8) is 0 Å². The van der Waals surface area contributed by atoms with E-state index in [0.29, 0.717) is 4.88 Å². The Morgan fingerprint density at radius 1 is 1.16 bits per heavy atom. The van der Waals surface area contributed by atoms with Crippen molar-refractivity contribution < 1.29 is 9.72 Å². The number of fused-ring (bicyclic) bond motifs is 1. The first-order valence-electron chi connectivity index (χ1n) is 7.40. The topological polar surface area (TPSA) is 96.6 Å². The van der Waals surface area contributed by atoms with Crippen molar-refractivity contribution in [1.29, 1.82) is 0 Å². The van der Waals surface area contributed by atoms with Crippen LogP contribution in [0, 0.1) is 10.1 Å². The number of carbonyl (C=O) groups is 1. The Kier molecular flexibility index (Phi) is 5.00. The van der Waals surface area contributed by atoms with Crippen LogP contribution in [0.1, 0.15) is 4.88 Å². The molecule has 25 heavy (non-hydrogen) atoms. The number of thiophene rings is 1. The highest BCUT2D eigenvalue weighted by molar-refractivity contribution is 7.16. The molecule has 1 aromatic heterocycles. The Morgan fingerprint density at radius 3 is 2.72 bits per heavy atom. The van der Waals surface area contributed by atoms with Crippen LogP contribution in [0.5, 0.6) is 0 Å². The molecule has 8 heteroatoms. The van der Waals surface area contributed by atoms with Gasteiger partial charge in [0.05, 0.1) is 22.6 Å². The summed E-state index contributed by atoms with van der Waals surface area (Å²) in [5.74, 6) is -0.310. The summed E-state index contributed by atoms with van der Waals surface area (Å²) >= 11 is 0.989. The first-order valence-corrected chi connectivity index (χ1v) is 8.22. The second kappa shape index (κ2) is 7.54. The monoisotopic (exact) mass is 354 g/mol. The van der Waals surface area contributed by atoms with Gasteiger partial charge in [0.15, 0.2) is 0 Å². The van der Waals surface area contributed by atoms with Crippen LogP contribution in [-0.4, -0.2) is 23.6 Å². The maximum Gasteiger partial charge on any atom is 0.324 e.